The van der Waals surface area contributed by atoms with Crippen LogP contribution in [0.25, 0.3) is 5.32 Å². The van der Waals surface area contributed by atoms with Gasteiger partial charge in [-0.15, -0.1) is 6.58 Å². The van der Waals surface area contributed by atoms with Gasteiger partial charge >= 0.3 is 0 Å². The van der Waals surface area contributed by atoms with Gasteiger partial charge < -0.3 is 44.4 Å². The number of nitrogens with zero attached hydrogens (tertiary/aromatic N) is 3. The molecule has 0 aromatic heterocycles. The van der Waals surface area contributed by atoms with E-state index in [1.165, 1.54) is 6.08 Å². The molecule has 0 aliphatic carbocycles. The van der Waals surface area contributed by atoms with E-state index in [-0.39, 0.29) is 55.7 Å². The van der Waals surface area contributed by atoms with Crippen molar-refractivity contribution < 1.29 is 62.3 Å². The zero-order valence-electron chi connectivity index (χ0n) is 29.7. The van der Waals surface area contributed by atoms with Gasteiger partial charge in [-0.25, -0.2) is 19.6 Å². The second-order valence-electron chi connectivity index (χ2n) is 11.1. The van der Waals surface area contributed by atoms with Crippen LogP contribution in [0.2, 0.25) is 0 Å². The normalized spacial score (nSPS) is 9.16. The molecular formula is C32H60Co2N4O6-8. The van der Waals surface area contributed by atoms with Crippen molar-refractivity contribution in [2.45, 2.75) is 126 Å². The Hall–Kier alpha value is -2.68. The number of aliphatic imine (C=N–C) groups is 2. The number of carbonyl (C=O) groups excluding carboxylic acids is 6. The molecule has 0 rings (SSSR count). The van der Waals surface area contributed by atoms with Crippen molar-refractivity contribution in [2.75, 3.05) is 0 Å². The van der Waals surface area contributed by atoms with Crippen molar-refractivity contribution in [1.29, 1.82) is 0 Å². The molecular weight excluding hydrogens is 654 g/mol. The maximum absolute atomic E-state index is 7.75. The number of nitrogens with one attached hydrogen (secondary N) is 1. The Kier molecular flexibility index (Phi) is 99.7. The molecule has 0 saturated heterocycles. The number of allylic oxidation sites excluding steroid dienone is 2. The van der Waals surface area contributed by atoms with Gasteiger partial charge in [-0.1, -0.05) is 53.5 Å². The molecule has 0 heterocycles. The first kappa shape index (κ1) is 78.1. The monoisotopic (exact) mass is 714 g/mol. The van der Waals surface area contributed by atoms with Gasteiger partial charge in [0.25, 0.3) is 0 Å². The summed E-state index contributed by atoms with van der Waals surface area (Å²) in [6.07, 6.45) is 3.25. The van der Waals surface area contributed by atoms with Crippen molar-refractivity contribution in [1.82, 2.24) is 5.32 Å². The predicted octanol–water partition coefficient (Wildman–Crippen LogP) is 6.52. The molecule has 10 nitrogen and oxygen atoms in total. The van der Waals surface area contributed by atoms with Crippen LogP contribution in [-0.4, -0.2) is 74.6 Å². The van der Waals surface area contributed by atoms with Gasteiger partial charge in [-0.05, 0) is 73.4 Å². The van der Waals surface area contributed by atoms with E-state index in [4.69, 9.17) is 28.8 Å². The largest absolute Gasteiger partial charge is 0.545 e. The first-order valence-electron chi connectivity index (χ1n) is 12.1. The molecule has 0 aliphatic rings. The Morgan fingerprint density at radius 1 is 0.636 bits per heavy atom. The van der Waals surface area contributed by atoms with Gasteiger partial charge in [0.1, 0.15) is 0 Å². The van der Waals surface area contributed by atoms with Crippen LogP contribution in [0.3, 0.4) is 0 Å². The van der Waals surface area contributed by atoms with Gasteiger partial charge in [-0.3, -0.25) is 45.7 Å². The summed E-state index contributed by atoms with van der Waals surface area (Å²) in [6, 6.07) is 0. The summed E-state index contributed by atoms with van der Waals surface area (Å²) in [4.78, 5) is 55.4. The fourth-order valence-electron chi connectivity index (χ4n) is 2.07. The molecule has 0 spiro atoms. The zero-order chi connectivity index (χ0) is 37.4. The third-order valence-corrected chi connectivity index (χ3v) is 2.05. The topological polar surface area (TPSA) is 153 Å². The standard InChI is InChI=1S/C10H22N2.C10H21N2.C3H6.C3H5.6CHO.2Co/c2*1-8(11-9(2,3)4)12-10(5,6)7;2*1-3-2;6*1-2;;/h1-7H3,(H,11,12);1-7H3;3H,1H2,2H3;3H,1-2H2;6*1H;;/q;-1;;7*-1;;. The predicted molar refractivity (Wildman–Crippen MR) is 184 cm³/mol. The van der Waals surface area contributed by atoms with Crippen molar-refractivity contribution in [2.24, 2.45) is 9.98 Å². The molecule has 0 bridgehead atoms. The summed E-state index contributed by atoms with van der Waals surface area (Å²) >= 11 is 0. The molecule has 0 atom stereocenters. The van der Waals surface area contributed by atoms with E-state index in [2.05, 4.69) is 165 Å². The number of hydrogen-bond acceptors (Lipinski definition) is 8. The third-order valence-electron chi connectivity index (χ3n) is 2.05. The third kappa shape index (κ3) is 192. The molecule has 0 amide bonds. The molecule has 0 unspecified atom stereocenters. The van der Waals surface area contributed by atoms with Crippen LogP contribution < -0.4 is 5.32 Å². The first-order valence-corrected chi connectivity index (χ1v) is 12.1. The quantitative estimate of drug-likeness (QED) is 0.0986. The van der Waals surface area contributed by atoms with Crippen LogP contribution in [0, 0.1) is 6.92 Å². The summed E-state index contributed by atoms with van der Waals surface area (Å²) in [7, 11) is 0. The van der Waals surface area contributed by atoms with Gasteiger partial charge in [0, 0.05) is 39.1 Å². The molecule has 0 aromatic rings. The first-order chi connectivity index (χ1) is 19.0. The van der Waals surface area contributed by atoms with Crippen LogP contribution in [0.15, 0.2) is 35.3 Å². The number of rotatable bonds is 0. The van der Waals surface area contributed by atoms with Crippen LogP contribution in [0.4, 0.5) is 0 Å². The summed E-state index contributed by atoms with van der Waals surface area (Å²) in [5.41, 5.74) is 0.0961. The number of hydrogen-bond donors (Lipinski definition) is 1. The fourth-order valence-corrected chi connectivity index (χ4v) is 2.07. The van der Waals surface area contributed by atoms with Crippen LogP contribution >= 0.6 is 0 Å². The molecule has 0 saturated carbocycles. The van der Waals surface area contributed by atoms with Gasteiger partial charge in [0.15, 0.2) is 0 Å². The Balaban J connectivity index is -0.0000000297. The second kappa shape index (κ2) is 56.2. The van der Waals surface area contributed by atoms with Crippen molar-refractivity contribution >= 4 is 52.4 Å². The smallest absolute Gasteiger partial charge is 0.0942 e. The van der Waals surface area contributed by atoms with Crippen LogP contribution in [0.1, 0.15) is 104 Å². The van der Waals surface area contributed by atoms with E-state index >= 15 is 0 Å². The van der Waals surface area contributed by atoms with E-state index in [0.717, 1.165) is 11.7 Å². The molecule has 1 N–H and O–H groups in total. The summed E-state index contributed by atoms with van der Waals surface area (Å²) in [5.74, 6) is 1.89. The van der Waals surface area contributed by atoms with Gasteiger partial charge in [0.2, 0.25) is 0 Å². The summed E-state index contributed by atoms with van der Waals surface area (Å²) in [6.45, 7) is 60.4. The Bertz CT molecular complexity index is 559. The Morgan fingerprint density at radius 3 is 0.977 bits per heavy atom. The van der Waals surface area contributed by atoms with Crippen LogP contribution in [0.5, 0.6) is 0 Å². The van der Waals surface area contributed by atoms with E-state index < -0.39 is 0 Å². The molecule has 12 heteroatoms. The van der Waals surface area contributed by atoms with E-state index in [1.807, 2.05) is 20.8 Å². The molecule has 0 fully saturated rings. The SMILES string of the molecule is C=CC.C=C[CH2-].CC(=NC(C)(C)C)NC(C)(C)C.CC(=NC(C)(C)C)[N-]C(C)(C)C.[CH-]=O.[CH-]=O.[CH-]=O.[CH-]=O.[CH-]=O.[CH-]=O.[Co].[Co]. The maximum Gasteiger partial charge on any atom is 0.0942 e. The van der Waals surface area contributed by atoms with Crippen molar-refractivity contribution in [3.8, 4) is 0 Å². The second-order valence-corrected chi connectivity index (χ2v) is 11.1. The van der Waals surface area contributed by atoms with Crippen molar-refractivity contribution in [3.05, 3.63) is 37.6 Å². The average Bonchev–Trinajstić information content (AvgIpc) is 2.83. The molecule has 0 aromatic carbocycles. The zero-order valence-corrected chi connectivity index (χ0v) is 31.8. The van der Waals surface area contributed by atoms with Gasteiger partial charge in [-0.2, -0.15) is 0 Å². The molecule has 0 aliphatic heterocycles. The van der Waals surface area contributed by atoms with Crippen LogP contribution in [-0.2, 0) is 62.3 Å². The van der Waals surface area contributed by atoms with E-state index in [9.17, 15) is 0 Å². The maximum atomic E-state index is 7.75. The van der Waals surface area contributed by atoms with Gasteiger partial charge in [0.05, 0.1) is 11.4 Å². The Morgan fingerprint density at radius 2 is 0.841 bits per heavy atom. The molecule has 270 valence electrons. The average molecular weight is 715 g/mol. The van der Waals surface area contributed by atoms with Crippen molar-refractivity contribution in [3.63, 3.8) is 0 Å². The minimum absolute atomic E-state index is 0. The Labute approximate surface area is 292 Å². The van der Waals surface area contributed by atoms with E-state index in [1.54, 1.807) is 6.08 Å². The van der Waals surface area contributed by atoms with E-state index in [0.29, 0.717) is 0 Å². The number of amidine groups is 2. The fraction of sp³-hybridized carbons (Fsp3) is 0.594. The summed E-state index contributed by atoms with van der Waals surface area (Å²) < 4.78 is 0. The molecule has 2 radical (unpaired) electrons. The molecule has 44 heavy (non-hydrogen) atoms. The minimum Gasteiger partial charge on any atom is -0.545 e. The minimum atomic E-state index is -0.0150. The summed E-state index contributed by atoms with van der Waals surface area (Å²) in [5, 5.41) is 7.77.